The third-order valence-electron chi connectivity index (χ3n) is 5.35. The number of para-hydroxylation sites is 1. The van der Waals surface area contributed by atoms with Crippen molar-refractivity contribution in [3.63, 3.8) is 0 Å². The number of hydrogen-bond donors (Lipinski definition) is 1. The van der Waals surface area contributed by atoms with Gasteiger partial charge in [-0.25, -0.2) is 0 Å². The molecule has 0 atom stereocenters. The van der Waals surface area contributed by atoms with Crippen LogP contribution in [0.15, 0.2) is 77.5 Å². The van der Waals surface area contributed by atoms with Crippen molar-refractivity contribution in [2.24, 2.45) is 0 Å². The Bertz CT molecular complexity index is 1130. The summed E-state index contributed by atoms with van der Waals surface area (Å²) >= 11 is 0. The summed E-state index contributed by atoms with van der Waals surface area (Å²) in [5.74, 6) is 0.860. The van der Waals surface area contributed by atoms with Crippen LogP contribution in [0, 0.1) is 0 Å². The summed E-state index contributed by atoms with van der Waals surface area (Å²) in [5.41, 5.74) is 4.94. The van der Waals surface area contributed by atoms with E-state index in [9.17, 15) is 4.79 Å². The molecule has 2 aromatic heterocycles. The molecule has 1 N–H and O–H groups in total. The Labute approximate surface area is 169 Å². The van der Waals surface area contributed by atoms with Crippen molar-refractivity contribution in [1.82, 2.24) is 9.88 Å². The highest BCUT2D eigenvalue weighted by atomic mass is 16.3. The number of hydrogen-bond acceptors (Lipinski definition) is 4. The minimum Gasteiger partial charge on any atom is -0.460 e. The average molecular weight is 383 g/mol. The Morgan fingerprint density at radius 3 is 2.76 bits per heavy atom. The van der Waals surface area contributed by atoms with E-state index in [1.165, 1.54) is 11.1 Å². The number of anilines is 1. The Morgan fingerprint density at radius 1 is 1.03 bits per heavy atom. The maximum absolute atomic E-state index is 12.4. The molecule has 5 heteroatoms. The molecule has 0 radical (unpaired) electrons. The molecule has 2 aromatic carbocycles. The molecule has 29 heavy (non-hydrogen) atoms. The van der Waals surface area contributed by atoms with Gasteiger partial charge in [0.05, 0.1) is 6.54 Å². The predicted molar refractivity (Wildman–Crippen MR) is 113 cm³/mol. The predicted octanol–water partition coefficient (Wildman–Crippen LogP) is 4.64. The second-order valence-corrected chi connectivity index (χ2v) is 7.38. The zero-order chi connectivity index (χ0) is 19.6. The number of rotatable bonds is 4. The number of pyridine rings is 1. The van der Waals surface area contributed by atoms with E-state index in [2.05, 4.69) is 39.5 Å². The first-order valence-corrected chi connectivity index (χ1v) is 9.77. The standard InChI is InChI=1S/C24H21N3O2/c28-24(18-7-10-25-11-8-18)26-21-6-5-17-9-12-27(15-20(17)13-21)16-22-14-19-3-1-2-4-23(19)29-22/h1-8,10-11,13-14H,9,12,15-16H2,(H,26,28). The van der Waals surface area contributed by atoms with Gasteiger partial charge in [-0.3, -0.25) is 14.7 Å². The van der Waals surface area contributed by atoms with Gasteiger partial charge in [-0.2, -0.15) is 0 Å². The monoisotopic (exact) mass is 383 g/mol. The second-order valence-electron chi connectivity index (χ2n) is 7.38. The molecule has 0 fully saturated rings. The second kappa shape index (κ2) is 7.53. The van der Waals surface area contributed by atoms with E-state index in [0.717, 1.165) is 48.5 Å². The van der Waals surface area contributed by atoms with Gasteiger partial charge in [-0.1, -0.05) is 24.3 Å². The molecule has 0 saturated heterocycles. The highest BCUT2D eigenvalue weighted by molar-refractivity contribution is 6.04. The van der Waals surface area contributed by atoms with Gasteiger partial charge >= 0.3 is 0 Å². The topological polar surface area (TPSA) is 58.4 Å². The lowest BCUT2D eigenvalue weighted by atomic mass is 9.99. The highest BCUT2D eigenvalue weighted by Gasteiger charge is 2.18. The van der Waals surface area contributed by atoms with Gasteiger partial charge < -0.3 is 9.73 Å². The van der Waals surface area contributed by atoms with Crippen molar-refractivity contribution in [1.29, 1.82) is 0 Å². The van der Waals surface area contributed by atoms with Crippen LogP contribution in [0.4, 0.5) is 5.69 Å². The quantitative estimate of drug-likeness (QED) is 0.558. The Balaban J connectivity index is 1.30. The Kier molecular flexibility index (Phi) is 4.58. The highest BCUT2D eigenvalue weighted by Crippen LogP contribution is 2.26. The molecular weight excluding hydrogens is 362 g/mol. The van der Waals surface area contributed by atoms with Crippen LogP contribution in [0.5, 0.6) is 0 Å². The molecule has 3 heterocycles. The molecule has 0 aliphatic carbocycles. The van der Waals surface area contributed by atoms with Gasteiger partial charge in [-0.15, -0.1) is 0 Å². The van der Waals surface area contributed by atoms with Gasteiger partial charge in [0.25, 0.3) is 5.91 Å². The van der Waals surface area contributed by atoms with Crippen LogP contribution < -0.4 is 5.32 Å². The Morgan fingerprint density at radius 2 is 1.90 bits per heavy atom. The molecule has 5 rings (SSSR count). The van der Waals surface area contributed by atoms with Crippen molar-refractivity contribution in [3.8, 4) is 0 Å². The van der Waals surface area contributed by atoms with Crippen LogP contribution in [0.2, 0.25) is 0 Å². The summed E-state index contributed by atoms with van der Waals surface area (Å²) < 4.78 is 5.98. The fraction of sp³-hybridized carbons (Fsp3) is 0.167. The van der Waals surface area contributed by atoms with E-state index in [1.807, 2.05) is 24.3 Å². The van der Waals surface area contributed by atoms with Crippen LogP contribution >= 0.6 is 0 Å². The first kappa shape index (κ1) is 17.6. The third-order valence-corrected chi connectivity index (χ3v) is 5.35. The van der Waals surface area contributed by atoms with Crippen LogP contribution in [-0.4, -0.2) is 22.3 Å². The molecule has 4 aromatic rings. The number of amides is 1. The fourth-order valence-corrected chi connectivity index (χ4v) is 3.87. The molecule has 0 unspecified atom stereocenters. The maximum atomic E-state index is 12.4. The van der Waals surface area contributed by atoms with Crippen molar-refractivity contribution in [2.75, 3.05) is 11.9 Å². The SMILES string of the molecule is O=C(Nc1ccc2c(c1)CN(Cc1cc3ccccc3o1)CC2)c1ccncc1. The summed E-state index contributed by atoms with van der Waals surface area (Å²) in [4.78, 5) is 18.8. The number of carbonyl (C=O) groups excluding carboxylic acids is 1. The Hall–Kier alpha value is -3.44. The third kappa shape index (κ3) is 3.77. The summed E-state index contributed by atoms with van der Waals surface area (Å²) in [6.07, 6.45) is 4.24. The van der Waals surface area contributed by atoms with Crippen LogP contribution in [-0.2, 0) is 19.5 Å². The first-order valence-electron chi connectivity index (χ1n) is 9.77. The lowest BCUT2D eigenvalue weighted by molar-refractivity contribution is 0.102. The summed E-state index contributed by atoms with van der Waals surface area (Å²) in [6, 6.07) is 19.8. The summed E-state index contributed by atoms with van der Waals surface area (Å²) in [5, 5.41) is 4.13. The van der Waals surface area contributed by atoms with Gasteiger partial charge in [-0.05, 0) is 53.9 Å². The average Bonchev–Trinajstić information content (AvgIpc) is 3.16. The number of nitrogens with zero attached hydrogens (tertiary/aromatic N) is 2. The van der Waals surface area contributed by atoms with Gasteiger partial charge in [0.15, 0.2) is 0 Å². The molecule has 0 saturated carbocycles. The molecule has 1 aliphatic heterocycles. The normalized spacial score (nSPS) is 13.9. The van der Waals surface area contributed by atoms with Crippen molar-refractivity contribution in [3.05, 3.63) is 95.5 Å². The van der Waals surface area contributed by atoms with E-state index in [1.54, 1.807) is 24.5 Å². The van der Waals surface area contributed by atoms with Gasteiger partial charge in [0.2, 0.25) is 0 Å². The molecule has 1 amide bonds. The minimum absolute atomic E-state index is 0.123. The molecule has 1 aliphatic rings. The number of furan rings is 1. The fourth-order valence-electron chi connectivity index (χ4n) is 3.87. The van der Waals surface area contributed by atoms with E-state index in [4.69, 9.17) is 4.42 Å². The molecule has 144 valence electrons. The molecule has 0 spiro atoms. The molecule has 0 bridgehead atoms. The number of fused-ring (bicyclic) bond motifs is 2. The smallest absolute Gasteiger partial charge is 0.255 e. The number of aromatic nitrogens is 1. The van der Waals surface area contributed by atoms with Crippen LogP contribution in [0.1, 0.15) is 27.2 Å². The largest absolute Gasteiger partial charge is 0.460 e. The van der Waals surface area contributed by atoms with Gasteiger partial charge in [0, 0.05) is 42.1 Å². The number of nitrogens with one attached hydrogen (secondary N) is 1. The van der Waals surface area contributed by atoms with E-state index < -0.39 is 0 Å². The van der Waals surface area contributed by atoms with Crippen molar-refractivity contribution < 1.29 is 9.21 Å². The summed E-state index contributed by atoms with van der Waals surface area (Å²) in [6.45, 7) is 2.61. The first-order chi connectivity index (χ1) is 14.2. The van der Waals surface area contributed by atoms with Crippen LogP contribution in [0.25, 0.3) is 11.0 Å². The van der Waals surface area contributed by atoms with Crippen molar-refractivity contribution >= 4 is 22.6 Å². The van der Waals surface area contributed by atoms with E-state index in [0.29, 0.717) is 5.56 Å². The summed E-state index contributed by atoms with van der Waals surface area (Å²) in [7, 11) is 0. The lowest BCUT2D eigenvalue weighted by Crippen LogP contribution is -2.30. The maximum Gasteiger partial charge on any atom is 0.255 e. The van der Waals surface area contributed by atoms with E-state index in [-0.39, 0.29) is 5.91 Å². The lowest BCUT2D eigenvalue weighted by Gasteiger charge is -2.28. The number of carbonyl (C=O) groups is 1. The zero-order valence-corrected chi connectivity index (χ0v) is 16.0. The van der Waals surface area contributed by atoms with Crippen molar-refractivity contribution in [2.45, 2.75) is 19.5 Å². The molecule has 5 nitrogen and oxygen atoms in total. The number of benzene rings is 2. The minimum atomic E-state index is -0.123. The van der Waals surface area contributed by atoms with Crippen LogP contribution in [0.3, 0.4) is 0 Å². The molecular formula is C24H21N3O2. The van der Waals surface area contributed by atoms with E-state index >= 15 is 0 Å². The van der Waals surface area contributed by atoms with Gasteiger partial charge in [0.1, 0.15) is 11.3 Å². The zero-order valence-electron chi connectivity index (χ0n) is 16.0.